The summed E-state index contributed by atoms with van der Waals surface area (Å²) in [6.45, 7) is 7.78. The monoisotopic (exact) mass is 426 g/mol. The van der Waals surface area contributed by atoms with Gasteiger partial charge < -0.3 is 14.2 Å². The third-order valence-electron chi connectivity index (χ3n) is 6.54. The molecule has 0 aliphatic carbocycles. The number of halogens is 2. The maximum atomic E-state index is 15.2. The van der Waals surface area contributed by atoms with Gasteiger partial charge >= 0.3 is 7.12 Å². The van der Waals surface area contributed by atoms with Crippen LogP contribution in [0.5, 0.6) is 0 Å². The van der Waals surface area contributed by atoms with Crippen molar-refractivity contribution >= 4 is 45.8 Å². The molecule has 30 heavy (non-hydrogen) atoms. The highest BCUT2D eigenvalue weighted by atomic mass is 35.5. The van der Waals surface area contributed by atoms with Gasteiger partial charge in [-0.15, -0.1) is 0 Å². The first-order chi connectivity index (χ1) is 13.8. The van der Waals surface area contributed by atoms with Gasteiger partial charge in [0.05, 0.1) is 22.5 Å². The van der Waals surface area contributed by atoms with Gasteiger partial charge in [-0.1, -0.05) is 11.6 Å². The van der Waals surface area contributed by atoms with Crippen molar-refractivity contribution in [3.8, 4) is 0 Å². The quantitative estimate of drug-likeness (QED) is 0.693. The van der Waals surface area contributed by atoms with Crippen molar-refractivity contribution in [3.63, 3.8) is 0 Å². The molecule has 0 atom stereocenters. The Morgan fingerprint density at radius 2 is 1.83 bits per heavy atom. The first-order valence-electron chi connectivity index (χ1n) is 9.96. The summed E-state index contributed by atoms with van der Waals surface area (Å²) in [4.78, 5) is 18.9. The van der Waals surface area contributed by atoms with Gasteiger partial charge in [0.25, 0.3) is 5.91 Å². The third-order valence-corrected chi connectivity index (χ3v) is 6.88. The van der Waals surface area contributed by atoms with Gasteiger partial charge in [0.1, 0.15) is 21.5 Å². The van der Waals surface area contributed by atoms with E-state index >= 15 is 4.39 Å². The predicted octanol–water partition coefficient (Wildman–Crippen LogP) is 1.21. The normalized spacial score (nSPS) is 21.2. The molecule has 2 aliphatic heterocycles. The molecule has 4 rings (SSSR count). The summed E-state index contributed by atoms with van der Waals surface area (Å²) in [6.07, 6.45) is 1.66. The molecule has 10 heteroatoms. The lowest BCUT2D eigenvalue weighted by Gasteiger charge is -2.32. The zero-order valence-electron chi connectivity index (χ0n) is 18.0. The molecule has 2 aromatic rings. The van der Waals surface area contributed by atoms with Crippen molar-refractivity contribution in [1.29, 1.82) is 0 Å². The van der Waals surface area contributed by atoms with E-state index in [4.69, 9.17) is 20.9 Å². The van der Waals surface area contributed by atoms with E-state index in [1.807, 2.05) is 43.4 Å². The second kappa shape index (κ2) is 6.84. The highest BCUT2D eigenvalue weighted by molar-refractivity contribution is 6.62. The molecule has 0 unspecified atom stereocenters. The Hall–Kier alpha value is -1.83. The molecule has 5 nitrogen and oxygen atoms in total. The van der Waals surface area contributed by atoms with E-state index in [1.54, 1.807) is 29.3 Å². The summed E-state index contributed by atoms with van der Waals surface area (Å²) in [5.41, 5.74) is 0.907. The topological polar surface area (TPSA) is 51.7 Å². The van der Waals surface area contributed by atoms with Gasteiger partial charge in [0, 0.05) is 28.7 Å². The van der Waals surface area contributed by atoms with E-state index in [1.165, 1.54) is 6.07 Å². The number of amides is 1. The van der Waals surface area contributed by atoms with Gasteiger partial charge in [-0.3, -0.25) is 9.78 Å². The molecule has 0 radical (unpaired) electrons. The van der Waals surface area contributed by atoms with E-state index < -0.39 is 29.5 Å². The molecule has 1 amide bonds. The molecule has 154 valence electrons. The predicted molar refractivity (Wildman–Crippen MR) is 120 cm³/mol. The number of benzene rings is 1. The van der Waals surface area contributed by atoms with Gasteiger partial charge in [-0.05, 0) is 57.4 Å². The van der Waals surface area contributed by atoms with Crippen molar-refractivity contribution in [3.05, 3.63) is 58.1 Å². The maximum absolute atomic E-state index is 15.2. The van der Waals surface area contributed by atoms with Crippen molar-refractivity contribution in [2.24, 2.45) is 0 Å². The molecule has 0 saturated carbocycles. The molecule has 2 aliphatic rings. The number of rotatable bonds is 3. The van der Waals surface area contributed by atoms with Crippen LogP contribution in [0.4, 0.5) is 4.39 Å². The molecule has 1 fully saturated rings. The lowest BCUT2D eigenvalue weighted by molar-refractivity contribution is 0.00578. The Morgan fingerprint density at radius 1 is 1.20 bits per heavy atom. The van der Waals surface area contributed by atoms with Crippen molar-refractivity contribution in [2.75, 3.05) is 0 Å². The lowest BCUT2D eigenvalue weighted by atomic mass is 9.59. The number of hydrogen-bond acceptors (Lipinski definition) is 4. The second-order valence-corrected chi connectivity index (χ2v) is 9.81. The largest absolute Gasteiger partial charge is 0.494 e. The van der Waals surface area contributed by atoms with Crippen molar-refractivity contribution in [1.82, 2.24) is 9.88 Å². The van der Waals surface area contributed by atoms with Crippen LogP contribution in [0, 0.1) is 5.82 Å². The molecule has 1 saturated heterocycles. The number of aromatic nitrogens is 1. The lowest BCUT2D eigenvalue weighted by Crippen LogP contribution is -2.45. The first-order valence-corrected chi connectivity index (χ1v) is 10.3. The molecule has 0 N–H and O–H groups in total. The summed E-state index contributed by atoms with van der Waals surface area (Å²) in [6, 6.07) is 6.50. The molecular formula is C20H23B3ClFN2O3. The van der Waals surface area contributed by atoms with E-state index in [0.717, 1.165) is 0 Å². The van der Waals surface area contributed by atoms with E-state index in [-0.39, 0.29) is 23.0 Å². The molecule has 3 heterocycles. The average Bonchev–Trinajstić information content (AvgIpc) is 2.98. The fourth-order valence-electron chi connectivity index (χ4n) is 3.91. The highest BCUT2D eigenvalue weighted by Gasteiger charge is 2.52. The van der Waals surface area contributed by atoms with E-state index in [0.29, 0.717) is 16.7 Å². The summed E-state index contributed by atoms with van der Waals surface area (Å²) in [7, 11) is 3.08. The van der Waals surface area contributed by atoms with Crippen LogP contribution in [-0.4, -0.2) is 49.8 Å². The Morgan fingerprint density at radius 3 is 2.40 bits per heavy atom. The third kappa shape index (κ3) is 3.18. The van der Waals surface area contributed by atoms with E-state index in [2.05, 4.69) is 4.98 Å². The number of carbonyl (C=O) groups excluding carboxylic acids is 1. The number of nitrogens with zero attached hydrogens (tertiary/aromatic N) is 2. The van der Waals surface area contributed by atoms with Crippen molar-refractivity contribution in [2.45, 2.75) is 50.8 Å². The molecule has 0 spiro atoms. The second-order valence-electron chi connectivity index (χ2n) is 9.40. The summed E-state index contributed by atoms with van der Waals surface area (Å²) in [5.74, 6) is -0.687. The van der Waals surface area contributed by atoms with Crippen LogP contribution >= 0.6 is 11.6 Å². The Bertz CT molecular complexity index is 1010. The SMILES string of the molecule is BC1(B)c2ncccc2C(=O)N1Cc1c(F)cc(B2OC(C)(C)C(C)(C)O2)cc1Cl. The zero-order chi connectivity index (χ0) is 22.1. The summed E-state index contributed by atoms with van der Waals surface area (Å²) in [5, 5.41) is -0.444. The Labute approximate surface area is 183 Å². The minimum Gasteiger partial charge on any atom is -0.399 e. The van der Waals surface area contributed by atoms with Crippen LogP contribution in [0.3, 0.4) is 0 Å². The minimum atomic E-state index is -0.714. The number of pyridine rings is 1. The summed E-state index contributed by atoms with van der Waals surface area (Å²) >= 11 is 6.48. The Balaban J connectivity index is 1.64. The van der Waals surface area contributed by atoms with Crippen LogP contribution in [0.1, 0.15) is 49.3 Å². The molecule has 1 aromatic carbocycles. The van der Waals surface area contributed by atoms with Gasteiger partial charge in [-0.2, -0.15) is 0 Å². The standard InChI is InChI=1S/C20H23B3ClFN2O3/c1-18(2)19(3,4)30-23(29-18)11-8-14(24)13(15(25)9-11)10-27-17(28)12-6-5-7-26-16(12)20(27,21)22/h5-9H,10,21-22H2,1-4H3. The van der Waals surface area contributed by atoms with Crippen LogP contribution in [-0.2, 0) is 21.2 Å². The Kier molecular flexibility index (Phi) is 4.88. The first kappa shape index (κ1) is 21.4. The zero-order valence-corrected chi connectivity index (χ0v) is 18.8. The summed E-state index contributed by atoms with van der Waals surface area (Å²) < 4.78 is 27.2. The average molecular weight is 426 g/mol. The van der Waals surface area contributed by atoms with Gasteiger partial charge in [-0.25, -0.2) is 4.39 Å². The van der Waals surface area contributed by atoms with Crippen LogP contribution in [0.2, 0.25) is 5.02 Å². The highest BCUT2D eigenvalue weighted by Crippen LogP contribution is 2.38. The van der Waals surface area contributed by atoms with Crippen LogP contribution in [0.15, 0.2) is 30.5 Å². The fourth-order valence-corrected chi connectivity index (χ4v) is 4.18. The number of carbonyl (C=O) groups is 1. The van der Waals surface area contributed by atoms with Crippen LogP contribution in [0.25, 0.3) is 0 Å². The van der Waals surface area contributed by atoms with Gasteiger partial charge in [0.2, 0.25) is 0 Å². The smallest absolute Gasteiger partial charge is 0.399 e. The number of fused-ring (bicyclic) bond motifs is 1. The molecule has 0 bridgehead atoms. The minimum absolute atomic E-state index is 0.0382. The van der Waals surface area contributed by atoms with Crippen molar-refractivity contribution < 1.29 is 18.5 Å². The fraction of sp³-hybridized carbons (Fsp3) is 0.400. The maximum Gasteiger partial charge on any atom is 0.494 e. The van der Waals surface area contributed by atoms with Gasteiger partial charge in [0.15, 0.2) is 0 Å². The number of hydrogen-bond donors (Lipinski definition) is 0. The molecule has 1 aromatic heterocycles. The van der Waals surface area contributed by atoms with Crippen LogP contribution < -0.4 is 5.46 Å². The molecular weight excluding hydrogens is 403 g/mol. The van der Waals surface area contributed by atoms with E-state index in [9.17, 15) is 4.79 Å².